The van der Waals surface area contributed by atoms with E-state index in [4.69, 9.17) is 10.8 Å². The Labute approximate surface area is 117 Å². The summed E-state index contributed by atoms with van der Waals surface area (Å²) >= 11 is 0. The average Bonchev–Trinajstić information content (AvgIpc) is 2.77. The molecule has 0 saturated carbocycles. The summed E-state index contributed by atoms with van der Waals surface area (Å²) in [7, 11) is 4.25. The molecule has 1 aromatic heterocycles. The highest BCUT2D eigenvalue weighted by atomic mass is 15.3. The minimum atomic E-state index is 0.543. The first kappa shape index (κ1) is 14.5. The quantitative estimate of drug-likeness (QED) is 0.852. The fraction of sp³-hybridized carbons (Fsp3) is 0.800. The highest BCUT2D eigenvalue weighted by Crippen LogP contribution is 2.33. The van der Waals surface area contributed by atoms with Crippen LogP contribution in [-0.4, -0.2) is 41.9 Å². The molecule has 1 heterocycles. The van der Waals surface area contributed by atoms with Gasteiger partial charge in [0.25, 0.3) is 0 Å². The maximum absolute atomic E-state index is 5.95. The van der Waals surface area contributed by atoms with Crippen molar-refractivity contribution in [3.05, 3.63) is 17.0 Å². The van der Waals surface area contributed by atoms with Crippen LogP contribution in [0.25, 0.3) is 0 Å². The molecule has 2 rings (SSSR count). The Bertz CT molecular complexity index is 409. The number of hydrogen-bond donors (Lipinski definition) is 1. The van der Waals surface area contributed by atoms with Gasteiger partial charge in [0, 0.05) is 17.8 Å². The van der Waals surface area contributed by atoms with Crippen molar-refractivity contribution in [2.45, 2.75) is 51.5 Å². The van der Waals surface area contributed by atoms with Crippen molar-refractivity contribution in [1.29, 1.82) is 0 Å². The Morgan fingerprint density at radius 3 is 2.84 bits per heavy atom. The van der Waals surface area contributed by atoms with Crippen molar-refractivity contribution in [2.75, 3.05) is 27.2 Å². The number of nitrogens with zero attached hydrogens (tertiary/aromatic N) is 3. The summed E-state index contributed by atoms with van der Waals surface area (Å²) in [5, 5.41) is 4.85. The predicted molar refractivity (Wildman–Crippen MR) is 79.5 cm³/mol. The van der Waals surface area contributed by atoms with Crippen LogP contribution >= 0.6 is 0 Å². The van der Waals surface area contributed by atoms with Crippen molar-refractivity contribution in [3.63, 3.8) is 0 Å². The molecule has 0 saturated heterocycles. The number of rotatable bonds is 6. The molecule has 0 spiro atoms. The third kappa shape index (κ3) is 3.18. The zero-order chi connectivity index (χ0) is 13.8. The van der Waals surface area contributed by atoms with E-state index in [1.54, 1.807) is 0 Å². The van der Waals surface area contributed by atoms with Gasteiger partial charge in [0.15, 0.2) is 0 Å². The second-order valence-corrected chi connectivity index (χ2v) is 5.87. The first-order valence-corrected chi connectivity index (χ1v) is 7.60. The van der Waals surface area contributed by atoms with Crippen LogP contribution in [0.5, 0.6) is 0 Å². The van der Waals surface area contributed by atoms with Crippen molar-refractivity contribution in [3.8, 4) is 0 Å². The molecule has 0 aliphatic heterocycles. The molecule has 0 amide bonds. The topological polar surface area (TPSA) is 47.1 Å². The van der Waals surface area contributed by atoms with Gasteiger partial charge in [0.1, 0.15) is 0 Å². The second-order valence-electron chi connectivity index (χ2n) is 5.87. The third-order valence-corrected chi connectivity index (χ3v) is 4.14. The van der Waals surface area contributed by atoms with E-state index in [0.29, 0.717) is 5.92 Å². The largest absolute Gasteiger partial charge is 0.330 e. The summed E-state index contributed by atoms with van der Waals surface area (Å²) in [5.74, 6) is 0.543. The molecule has 0 aromatic carbocycles. The lowest BCUT2D eigenvalue weighted by Gasteiger charge is -2.23. The van der Waals surface area contributed by atoms with Crippen LogP contribution in [-0.2, 0) is 19.4 Å². The van der Waals surface area contributed by atoms with E-state index in [9.17, 15) is 0 Å². The predicted octanol–water partition coefficient (Wildman–Crippen LogP) is 1.78. The molecule has 1 atom stereocenters. The monoisotopic (exact) mass is 264 g/mol. The van der Waals surface area contributed by atoms with Gasteiger partial charge in [-0.3, -0.25) is 4.68 Å². The minimum Gasteiger partial charge on any atom is -0.330 e. The van der Waals surface area contributed by atoms with E-state index in [1.165, 1.54) is 36.2 Å². The Morgan fingerprint density at radius 2 is 2.21 bits per heavy atom. The van der Waals surface area contributed by atoms with Gasteiger partial charge in [-0.1, -0.05) is 6.92 Å². The van der Waals surface area contributed by atoms with Crippen LogP contribution in [0.3, 0.4) is 0 Å². The molecule has 1 aliphatic carbocycles. The third-order valence-electron chi connectivity index (χ3n) is 4.14. The molecular weight excluding hydrogens is 236 g/mol. The lowest BCUT2D eigenvalue weighted by molar-refractivity contribution is 0.376. The van der Waals surface area contributed by atoms with Gasteiger partial charge in [-0.05, 0) is 65.2 Å². The summed E-state index contributed by atoms with van der Waals surface area (Å²) in [4.78, 5) is 2.24. The van der Waals surface area contributed by atoms with Gasteiger partial charge in [-0.2, -0.15) is 5.10 Å². The van der Waals surface area contributed by atoms with Gasteiger partial charge >= 0.3 is 0 Å². The molecule has 1 aliphatic rings. The lowest BCUT2D eigenvalue weighted by atomic mass is 9.85. The van der Waals surface area contributed by atoms with Crippen LogP contribution in [0.1, 0.15) is 49.1 Å². The molecule has 19 heavy (non-hydrogen) atoms. The van der Waals surface area contributed by atoms with Crippen LogP contribution in [0.2, 0.25) is 0 Å². The van der Waals surface area contributed by atoms with Crippen molar-refractivity contribution in [1.82, 2.24) is 14.7 Å². The highest BCUT2D eigenvalue weighted by molar-refractivity contribution is 5.33. The number of aromatic nitrogens is 2. The summed E-state index contributed by atoms with van der Waals surface area (Å²) < 4.78 is 2.26. The van der Waals surface area contributed by atoms with Crippen molar-refractivity contribution < 1.29 is 0 Å². The van der Waals surface area contributed by atoms with Crippen molar-refractivity contribution >= 4 is 0 Å². The molecule has 0 bridgehead atoms. The van der Waals surface area contributed by atoms with Gasteiger partial charge in [-0.15, -0.1) is 0 Å². The maximum Gasteiger partial charge on any atom is 0.0660 e. The Kier molecular flexibility index (Phi) is 4.99. The first-order valence-electron chi connectivity index (χ1n) is 7.60. The number of aryl methyl sites for hydroxylation is 2. The summed E-state index contributed by atoms with van der Waals surface area (Å²) in [6, 6.07) is 0. The number of fused-ring (bicyclic) bond motifs is 1. The SMILES string of the molecule is CCc1nn(CCCN(C)C)c2c1C(CN)CCC2. The zero-order valence-corrected chi connectivity index (χ0v) is 12.7. The van der Waals surface area contributed by atoms with Crippen LogP contribution in [0, 0.1) is 0 Å². The van der Waals surface area contributed by atoms with E-state index < -0.39 is 0 Å². The standard InChI is InChI=1S/C15H28N4/c1-4-13-15-12(11-16)7-5-8-14(15)19(17-13)10-6-9-18(2)3/h12H,4-11,16H2,1-3H3. The molecule has 0 fully saturated rings. The molecular formula is C15H28N4. The Balaban J connectivity index is 2.18. The van der Waals surface area contributed by atoms with Gasteiger partial charge < -0.3 is 10.6 Å². The fourth-order valence-electron chi connectivity index (χ4n) is 3.18. The maximum atomic E-state index is 5.95. The highest BCUT2D eigenvalue weighted by Gasteiger charge is 2.26. The Morgan fingerprint density at radius 1 is 1.42 bits per heavy atom. The summed E-state index contributed by atoms with van der Waals surface area (Å²) in [5.41, 5.74) is 10.2. The van der Waals surface area contributed by atoms with Gasteiger partial charge in [0.2, 0.25) is 0 Å². The fourth-order valence-corrected chi connectivity index (χ4v) is 3.18. The van der Waals surface area contributed by atoms with Crippen LogP contribution < -0.4 is 5.73 Å². The molecule has 1 aromatic rings. The lowest BCUT2D eigenvalue weighted by Crippen LogP contribution is -2.20. The summed E-state index contributed by atoms with van der Waals surface area (Å²) in [6.07, 6.45) is 5.87. The normalized spacial score (nSPS) is 18.9. The van der Waals surface area contributed by atoms with E-state index in [2.05, 4.69) is 30.6 Å². The molecule has 1 unspecified atom stereocenters. The van der Waals surface area contributed by atoms with E-state index in [0.717, 1.165) is 32.5 Å². The van der Waals surface area contributed by atoms with Crippen LogP contribution in [0.4, 0.5) is 0 Å². The van der Waals surface area contributed by atoms with E-state index >= 15 is 0 Å². The number of hydrogen-bond acceptors (Lipinski definition) is 3. The molecule has 4 nitrogen and oxygen atoms in total. The summed E-state index contributed by atoms with van der Waals surface area (Å²) in [6.45, 7) is 5.13. The molecule has 108 valence electrons. The van der Waals surface area contributed by atoms with Crippen molar-refractivity contribution in [2.24, 2.45) is 5.73 Å². The van der Waals surface area contributed by atoms with Gasteiger partial charge in [0.05, 0.1) is 5.69 Å². The van der Waals surface area contributed by atoms with E-state index in [1.807, 2.05) is 0 Å². The molecule has 4 heteroatoms. The Hall–Kier alpha value is -0.870. The zero-order valence-electron chi connectivity index (χ0n) is 12.7. The average molecular weight is 264 g/mol. The first-order chi connectivity index (χ1) is 9.17. The molecule has 2 N–H and O–H groups in total. The smallest absolute Gasteiger partial charge is 0.0660 e. The second kappa shape index (κ2) is 6.53. The van der Waals surface area contributed by atoms with Gasteiger partial charge in [-0.25, -0.2) is 0 Å². The minimum absolute atomic E-state index is 0.543. The number of nitrogens with two attached hydrogens (primary N) is 1. The van der Waals surface area contributed by atoms with Crippen LogP contribution in [0.15, 0.2) is 0 Å². The van der Waals surface area contributed by atoms with E-state index in [-0.39, 0.29) is 0 Å². The molecule has 0 radical (unpaired) electrons.